The molecule has 0 aromatic rings. The zero-order valence-corrected chi connectivity index (χ0v) is 21.9. The van der Waals surface area contributed by atoms with Gasteiger partial charge in [-0.15, -0.1) is 46.4 Å². The molecule has 0 aromatic heterocycles. The van der Waals surface area contributed by atoms with Gasteiger partial charge in [-0.2, -0.15) is 0 Å². The topological polar surface area (TPSA) is 105 Å². The van der Waals surface area contributed by atoms with Crippen molar-refractivity contribution in [3.05, 3.63) is 0 Å². The molecule has 8 nitrogen and oxygen atoms in total. The van der Waals surface area contributed by atoms with Crippen molar-refractivity contribution in [1.29, 1.82) is 0 Å². The van der Waals surface area contributed by atoms with E-state index in [1.807, 2.05) is 0 Å². The van der Waals surface area contributed by atoms with Crippen LogP contribution in [0.25, 0.3) is 0 Å². The van der Waals surface area contributed by atoms with Gasteiger partial charge in [-0.25, -0.2) is 0 Å². The first-order valence-electron chi connectivity index (χ1n) is 11.0. The molecule has 0 N–H and O–H groups in total. The van der Waals surface area contributed by atoms with Crippen LogP contribution in [0.15, 0.2) is 0 Å². The SMILES string of the molecule is COC1(OC)[C@@]2(Cl)C(=O)C(=O)[C@]1(Cl)[C@@H]1CC[C@H]3[C@@H](CC[C@@H]12)[C@@]1(Cl)C(=O)C(=O)[C@]3(Cl)C1(OC)OC. The minimum absolute atomic E-state index is 0.254. The maximum atomic E-state index is 13.1. The molecule has 0 radical (unpaired) electrons. The van der Waals surface area contributed by atoms with E-state index in [0.29, 0.717) is 0 Å². The second-order valence-electron chi connectivity index (χ2n) is 9.79. The summed E-state index contributed by atoms with van der Waals surface area (Å²) in [6.07, 6.45) is 1.01. The molecule has 12 heteroatoms. The number of rotatable bonds is 4. The summed E-state index contributed by atoms with van der Waals surface area (Å²) < 4.78 is 22.5. The second-order valence-corrected chi connectivity index (χ2v) is 12.2. The van der Waals surface area contributed by atoms with Crippen LogP contribution in [-0.2, 0) is 38.1 Å². The van der Waals surface area contributed by atoms with Crippen molar-refractivity contribution in [1.82, 2.24) is 0 Å². The Kier molecular flexibility index (Phi) is 5.34. The predicted molar refractivity (Wildman–Crippen MR) is 120 cm³/mol. The number of ketones is 4. The molecule has 0 heterocycles. The Morgan fingerprint density at radius 3 is 0.824 bits per heavy atom. The van der Waals surface area contributed by atoms with Gasteiger partial charge in [-0.05, 0) is 49.4 Å². The summed E-state index contributed by atoms with van der Waals surface area (Å²) in [5, 5.41) is 0. The third kappa shape index (κ3) is 2.01. The standard InChI is InChI=1S/C22H24Cl4O8/c1-31-21(32-2)17(23)9-5-7-11-12(8-6-10(9)18(21,24)14(28)13(17)27)20(26)16(30)15(29)19(11,25)22(20,33-3)34-4/h9-12H,5-8H2,1-4H3/t9-,10+,11+,12-,17-,18+,19+,20-. The number of halogens is 4. The lowest BCUT2D eigenvalue weighted by Gasteiger charge is -2.42. The Morgan fingerprint density at radius 1 is 0.500 bits per heavy atom. The number of methoxy groups -OCH3 is 4. The molecule has 34 heavy (non-hydrogen) atoms. The number of hydrogen-bond donors (Lipinski definition) is 0. The summed E-state index contributed by atoms with van der Waals surface area (Å²) in [4.78, 5) is 45.1. The lowest BCUT2D eigenvalue weighted by atomic mass is 9.64. The molecule has 0 saturated heterocycles. The lowest BCUT2D eigenvalue weighted by Crippen LogP contribution is -2.58. The summed E-state index contributed by atoms with van der Waals surface area (Å²) in [6, 6.07) is 0. The largest absolute Gasteiger partial charge is 0.349 e. The van der Waals surface area contributed by atoms with Crippen LogP contribution in [0.3, 0.4) is 0 Å². The van der Waals surface area contributed by atoms with Gasteiger partial charge in [-0.3, -0.25) is 19.2 Å². The van der Waals surface area contributed by atoms with Gasteiger partial charge in [0.05, 0.1) is 0 Å². The Hall–Kier alpha value is -0.320. The van der Waals surface area contributed by atoms with E-state index in [1.165, 1.54) is 28.4 Å². The molecule has 0 spiro atoms. The highest BCUT2D eigenvalue weighted by molar-refractivity contribution is 6.67. The van der Waals surface area contributed by atoms with Crippen LogP contribution in [0.2, 0.25) is 0 Å². The lowest BCUT2D eigenvalue weighted by molar-refractivity contribution is -0.224. The van der Waals surface area contributed by atoms with Gasteiger partial charge >= 0.3 is 0 Å². The maximum Gasteiger partial charge on any atom is 0.227 e. The van der Waals surface area contributed by atoms with E-state index in [9.17, 15) is 19.2 Å². The summed E-state index contributed by atoms with van der Waals surface area (Å²) in [5.41, 5.74) is 0. The second kappa shape index (κ2) is 7.16. The average Bonchev–Trinajstić information content (AvgIpc) is 3.19. The number of alkyl halides is 4. The summed E-state index contributed by atoms with van der Waals surface area (Å²) in [5.74, 6) is -9.66. The van der Waals surface area contributed by atoms with Gasteiger partial charge in [-0.1, -0.05) is 0 Å². The number of hydrogen-bond acceptors (Lipinski definition) is 8. The van der Waals surface area contributed by atoms with Crippen molar-refractivity contribution >= 4 is 69.5 Å². The zero-order chi connectivity index (χ0) is 25.3. The number of carbonyl (C=O) groups is 4. The normalized spacial score (nSPS) is 50.4. The molecule has 188 valence electrons. The monoisotopic (exact) mass is 556 g/mol. The van der Waals surface area contributed by atoms with E-state index in [4.69, 9.17) is 65.4 Å². The van der Waals surface area contributed by atoms with E-state index in [2.05, 4.69) is 0 Å². The van der Waals surface area contributed by atoms with Crippen molar-refractivity contribution in [3.8, 4) is 0 Å². The van der Waals surface area contributed by atoms with Crippen molar-refractivity contribution in [3.63, 3.8) is 0 Å². The number of carbonyl (C=O) groups excluding carboxylic acids is 4. The molecular weight excluding hydrogens is 534 g/mol. The van der Waals surface area contributed by atoms with Crippen molar-refractivity contribution in [2.45, 2.75) is 56.8 Å². The number of ether oxygens (including phenoxy) is 4. The minimum Gasteiger partial charge on any atom is -0.349 e. The molecule has 5 fully saturated rings. The van der Waals surface area contributed by atoms with Crippen LogP contribution < -0.4 is 0 Å². The van der Waals surface area contributed by atoms with Crippen LogP contribution in [0.1, 0.15) is 25.7 Å². The van der Waals surface area contributed by atoms with Crippen LogP contribution in [-0.4, -0.2) is 82.6 Å². The molecule has 5 saturated carbocycles. The summed E-state index contributed by atoms with van der Waals surface area (Å²) in [7, 11) is 5.17. The zero-order valence-electron chi connectivity index (χ0n) is 18.9. The van der Waals surface area contributed by atoms with Crippen molar-refractivity contribution in [2.75, 3.05) is 28.4 Å². The maximum absolute atomic E-state index is 13.1. The van der Waals surface area contributed by atoms with Gasteiger partial charge < -0.3 is 18.9 Å². The van der Waals surface area contributed by atoms with Gasteiger partial charge in [0, 0.05) is 28.4 Å². The molecule has 0 unspecified atom stereocenters. The summed E-state index contributed by atoms with van der Waals surface area (Å²) >= 11 is 27.9. The third-order valence-corrected chi connectivity index (χ3v) is 12.2. The van der Waals surface area contributed by atoms with E-state index in [1.54, 1.807) is 0 Å². The van der Waals surface area contributed by atoms with Gasteiger partial charge in [0.15, 0.2) is 19.5 Å². The van der Waals surface area contributed by atoms with Crippen LogP contribution in [0.4, 0.5) is 0 Å². The van der Waals surface area contributed by atoms with E-state index >= 15 is 0 Å². The van der Waals surface area contributed by atoms with Gasteiger partial charge in [0.2, 0.25) is 34.7 Å². The van der Waals surface area contributed by atoms with Gasteiger partial charge in [0.25, 0.3) is 0 Å². The van der Waals surface area contributed by atoms with Crippen LogP contribution in [0, 0.1) is 23.7 Å². The first-order valence-corrected chi connectivity index (χ1v) is 12.5. The number of fused-ring (bicyclic) bond motifs is 10. The van der Waals surface area contributed by atoms with E-state index < -0.39 is 77.9 Å². The quantitative estimate of drug-likeness (QED) is 0.294. The fourth-order valence-electron chi connectivity index (χ4n) is 8.22. The Labute approximate surface area is 216 Å². The highest BCUT2D eigenvalue weighted by Crippen LogP contribution is 2.74. The smallest absolute Gasteiger partial charge is 0.227 e. The van der Waals surface area contributed by atoms with Crippen molar-refractivity contribution < 1.29 is 38.1 Å². The fourth-order valence-corrected chi connectivity index (χ4v) is 10.9. The van der Waals surface area contributed by atoms with E-state index in [0.717, 1.165) is 0 Å². The molecule has 5 aliphatic rings. The molecule has 0 aromatic carbocycles. The first-order chi connectivity index (χ1) is 15.8. The number of Topliss-reactive ketones (excluding diaryl/α,β-unsaturated/α-hetero) is 4. The molecule has 4 bridgehead atoms. The van der Waals surface area contributed by atoms with Crippen LogP contribution in [0.5, 0.6) is 0 Å². The minimum atomic E-state index is -1.88. The molecule has 8 atom stereocenters. The predicted octanol–water partition coefficient (Wildman–Crippen LogP) is 2.24. The van der Waals surface area contributed by atoms with Gasteiger partial charge in [0.1, 0.15) is 0 Å². The van der Waals surface area contributed by atoms with Crippen molar-refractivity contribution in [2.24, 2.45) is 23.7 Å². The van der Waals surface area contributed by atoms with Crippen LogP contribution >= 0.6 is 46.4 Å². The third-order valence-electron chi connectivity index (χ3n) is 9.39. The first kappa shape index (κ1) is 25.3. The molecule has 0 aliphatic heterocycles. The Morgan fingerprint density at radius 2 is 0.676 bits per heavy atom. The highest BCUT2D eigenvalue weighted by atomic mass is 35.5. The molecular formula is C22H24Cl4O8. The Balaban J connectivity index is 1.65. The molecule has 5 aliphatic carbocycles. The highest BCUT2D eigenvalue weighted by Gasteiger charge is 2.92. The average molecular weight is 558 g/mol. The Bertz CT molecular complexity index is 874. The van der Waals surface area contributed by atoms with E-state index in [-0.39, 0.29) is 25.7 Å². The molecule has 5 rings (SSSR count). The fraction of sp³-hybridized carbons (Fsp3) is 0.818. The molecule has 0 amide bonds. The summed E-state index contributed by atoms with van der Waals surface area (Å²) in [6.45, 7) is 0.